The minimum atomic E-state index is 0.477. The Labute approximate surface area is 134 Å². The van der Waals surface area contributed by atoms with Crippen molar-refractivity contribution in [1.29, 1.82) is 0 Å². The predicted octanol–water partition coefficient (Wildman–Crippen LogP) is 6.37. The van der Waals surface area contributed by atoms with Crippen LogP contribution in [0.1, 0.15) is 61.8 Å². The molecule has 0 saturated carbocycles. The van der Waals surface area contributed by atoms with Gasteiger partial charge in [0, 0.05) is 5.02 Å². The Morgan fingerprint density at radius 1 is 0.952 bits per heavy atom. The second-order valence-electron chi connectivity index (χ2n) is 6.17. The molecular formula is C20H25Cl. The van der Waals surface area contributed by atoms with E-state index in [9.17, 15) is 0 Å². The summed E-state index contributed by atoms with van der Waals surface area (Å²) in [6.07, 6.45) is 2.13. The lowest BCUT2D eigenvalue weighted by atomic mass is 9.89. The van der Waals surface area contributed by atoms with Crippen LogP contribution in [0, 0.1) is 0 Å². The maximum absolute atomic E-state index is 6.41. The maximum Gasteiger partial charge on any atom is 0.0443 e. The fourth-order valence-electron chi connectivity index (χ4n) is 2.97. The summed E-state index contributed by atoms with van der Waals surface area (Å²) in [5.74, 6) is 0.993. The van der Waals surface area contributed by atoms with Gasteiger partial charge in [0.05, 0.1) is 0 Å². The van der Waals surface area contributed by atoms with Gasteiger partial charge < -0.3 is 0 Å². The van der Waals surface area contributed by atoms with Crippen LogP contribution in [0.3, 0.4) is 0 Å². The third-order valence-corrected chi connectivity index (χ3v) is 4.52. The van der Waals surface area contributed by atoms with Crippen LogP contribution in [0.5, 0.6) is 0 Å². The molecule has 0 fully saturated rings. The highest BCUT2D eigenvalue weighted by molar-refractivity contribution is 6.31. The van der Waals surface area contributed by atoms with E-state index in [-0.39, 0.29) is 0 Å². The van der Waals surface area contributed by atoms with Gasteiger partial charge in [-0.25, -0.2) is 0 Å². The van der Waals surface area contributed by atoms with Crippen molar-refractivity contribution in [3.05, 3.63) is 69.7 Å². The van der Waals surface area contributed by atoms with Crippen molar-refractivity contribution in [1.82, 2.24) is 0 Å². The molecule has 1 heteroatoms. The largest absolute Gasteiger partial charge is 0.0840 e. The Morgan fingerprint density at radius 3 is 2.29 bits per heavy atom. The Hall–Kier alpha value is -1.27. The SMILES string of the molecule is CCc1ccccc1C(C)Cc1ccc(C(C)C)c(Cl)c1. The second kappa shape index (κ2) is 7.13. The monoisotopic (exact) mass is 300 g/mol. The molecule has 0 spiro atoms. The first-order chi connectivity index (χ1) is 10.0. The molecule has 0 nitrogen and oxygen atoms in total. The third kappa shape index (κ3) is 3.89. The summed E-state index contributed by atoms with van der Waals surface area (Å²) in [5.41, 5.74) is 5.48. The van der Waals surface area contributed by atoms with Crippen molar-refractivity contribution in [2.24, 2.45) is 0 Å². The average molecular weight is 301 g/mol. The van der Waals surface area contributed by atoms with Crippen LogP contribution >= 0.6 is 11.6 Å². The molecule has 0 radical (unpaired) electrons. The van der Waals surface area contributed by atoms with Gasteiger partial charge in [-0.15, -0.1) is 0 Å². The Morgan fingerprint density at radius 2 is 1.67 bits per heavy atom. The van der Waals surface area contributed by atoms with E-state index in [4.69, 9.17) is 11.6 Å². The van der Waals surface area contributed by atoms with Gasteiger partial charge >= 0.3 is 0 Å². The summed E-state index contributed by atoms with van der Waals surface area (Å²) < 4.78 is 0. The first-order valence-electron chi connectivity index (χ1n) is 7.89. The molecule has 2 aromatic carbocycles. The lowest BCUT2D eigenvalue weighted by Crippen LogP contribution is -2.02. The van der Waals surface area contributed by atoms with Crippen LogP contribution < -0.4 is 0 Å². The normalized spacial score (nSPS) is 12.7. The molecule has 1 atom stereocenters. The highest BCUT2D eigenvalue weighted by Gasteiger charge is 2.12. The molecule has 0 bridgehead atoms. The number of halogens is 1. The molecule has 2 aromatic rings. The molecule has 0 aliphatic rings. The fraction of sp³-hybridized carbons (Fsp3) is 0.400. The number of aryl methyl sites for hydroxylation is 1. The van der Waals surface area contributed by atoms with Crippen LogP contribution in [-0.2, 0) is 12.8 Å². The van der Waals surface area contributed by atoms with Crippen molar-refractivity contribution in [2.45, 2.75) is 52.4 Å². The predicted molar refractivity (Wildman–Crippen MR) is 93.5 cm³/mol. The van der Waals surface area contributed by atoms with Crippen LogP contribution in [0.15, 0.2) is 42.5 Å². The van der Waals surface area contributed by atoms with Gasteiger partial charge in [0.1, 0.15) is 0 Å². The van der Waals surface area contributed by atoms with Gasteiger partial charge in [-0.1, -0.05) is 75.7 Å². The standard InChI is InChI=1S/C20H25Cl/c1-5-17-8-6-7-9-19(17)15(4)12-16-10-11-18(14(2)3)20(21)13-16/h6-11,13-15H,5,12H2,1-4H3. The third-order valence-electron chi connectivity index (χ3n) is 4.20. The molecule has 21 heavy (non-hydrogen) atoms. The summed E-state index contributed by atoms with van der Waals surface area (Å²) in [7, 11) is 0. The molecule has 112 valence electrons. The molecule has 0 aliphatic heterocycles. The van der Waals surface area contributed by atoms with E-state index in [0.29, 0.717) is 11.8 Å². The van der Waals surface area contributed by atoms with Crippen molar-refractivity contribution >= 4 is 11.6 Å². The van der Waals surface area contributed by atoms with E-state index < -0.39 is 0 Å². The summed E-state index contributed by atoms with van der Waals surface area (Å²) in [6, 6.07) is 15.3. The molecule has 0 heterocycles. The van der Waals surface area contributed by atoms with E-state index in [0.717, 1.165) is 17.9 Å². The fourth-order valence-corrected chi connectivity index (χ4v) is 3.39. The van der Waals surface area contributed by atoms with Crippen LogP contribution in [0.2, 0.25) is 5.02 Å². The Kier molecular flexibility index (Phi) is 5.47. The van der Waals surface area contributed by atoms with E-state index in [1.807, 2.05) is 0 Å². The number of rotatable bonds is 5. The molecule has 0 amide bonds. The van der Waals surface area contributed by atoms with Crippen LogP contribution in [0.4, 0.5) is 0 Å². The number of hydrogen-bond acceptors (Lipinski definition) is 0. The highest BCUT2D eigenvalue weighted by Crippen LogP contribution is 2.29. The zero-order valence-corrected chi connectivity index (χ0v) is 14.2. The first-order valence-corrected chi connectivity index (χ1v) is 8.26. The van der Waals surface area contributed by atoms with Crippen molar-refractivity contribution in [3.63, 3.8) is 0 Å². The minimum Gasteiger partial charge on any atom is -0.0840 e. The summed E-state index contributed by atoms with van der Waals surface area (Å²) in [6.45, 7) is 8.89. The van der Waals surface area contributed by atoms with Gasteiger partial charge in [-0.2, -0.15) is 0 Å². The van der Waals surface area contributed by atoms with E-state index in [1.165, 1.54) is 22.3 Å². The lowest BCUT2D eigenvalue weighted by molar-refractivity contribution is 0.746. The van der Waals surface area contributed by atoms with Gasteiger partial charge in [-0.05, 0) is 53.0 Å². The zero-order valence-electron chi connectivity index (χ0n) is 13.5. The summed E-state index contributed by atoms with van der Waals surface area (Å²) >= 11 is 6.41. The number of benzene rings is 2. The second-order valence-corrected chi connectivity index (χ2v) is 6.58. The van der Waals surface area contributed by atoms with Crippen molar-refractivity contribution in [2.75, 3.05) is 0 Å². The first kappa shape index (κ1) is 16.1. The average Bonchev–Trinajstić information content (AvgIpc) is 2.46. The molecule has 0 aromatic heterocycles. The van der Waals surface area contributed by atoms with Gasteiger partial charge in [0.2, 0.25) is 0 Å². The Balaban J connectivity index is 2.20. The van der Waals surface area contributed by atoms with E-state index >= 15 is 0 Å². The van der Waals surface area contributed by atoms with Crippen molar-refractivity contribution < 1.29 is 0 Å². The maximum atomic E-state index is 6.41. The quantitative estimate of drug-likeness (QED) is 0.601. The van der Waals surface area contributed by atoms with Crippen molar-refractivity contribution in [3.8, 4) is 0 Å². The lowest BCUT2D eigenvalue weighted by Gasteiger charge is -2.17. The molecule has 0 aliphatic carbocycles. The molecule has 1 unspecified atom stereocenters. The van der Waals surface area contributed by atoms with Crippen LogP contribution in [0.25, 0.3) is 0 Å². The van der Waals surface area contributed by atoms with E-state index in [1.54, 1.807) is 0 Å². The topological polar surface area (TPSA) is 0 Å². The highest BCUT2D eigenvalue weighted by atomic mass is 35.5. The Bertz CT molecular complexity index is 599. The number of hydrogen-bond donors (Lipinski definition) is 0. The van der Waals surface area contributed by atoms with Crippen LogP contribution in [-0.4, -0.2) is 0 Å². The molecule has 2 rings (SSSR count). The molecular weight excluding hydrogens is 276 g/mol. The van der Waals surface area contributed by atoms with E-state index in [2.05, 4.69) is 70.2 Å². The van der Waals surface area contributed by atoms with Gasteiger partial charge in [0.15, 0.2) is 0 Å². The minimum absolute atomic E-state index is 0.477. The van der Waals surface area contributed by atoms with Gasteiger partial charge in [-0.3, -0.25) is 0 Å². The molecule has 0 N–H and O–H groups in total. The molecule has 0 saturated heterocycles. The van der Waals surface area contributed by atoms with Gasteiger partial charge in [0.25, 0.3) is 0 Å². The smallest absolute Gasteiger partial charge is 0.0443 e. The summed E-state index contributed by atoms with van der Waals surface area (Å²) in [4.78, 5) is 0. The zero-order chi connectivity index (χ0) is 15.4. The summed E-state index contributed by atoms with van der Waals surface area (Å²) in [5, 5.41) is 0.901.